The minimum atomic E-state index is 0.599. The third kappa shape index (κ3) is 3.26. The van der Waals surface area contributed by atoms with E-state index in [-0.39, 0.29) is 0 Å². The van der Waals surface area contributed by atoms with Crippen molar-refractivity contribution >= 4 is 23.2 Å². The zero-order valence-corrected chi connectivity index (χ0v) is 10.7. The minimum Gasteiger partial charge on any atom is -0.495 e. The van der Waals surface area contributed by atoms with Crippen LogP contribution in [0.2, 0.25) is 10.0 Å². The second-order valence-electron chi connectivity index (χ2n) is 3.41. The van der Waals surface area contributed by atoms with Gasteiger partial charge in [0.15, 0.2) is 0 Å². The smallest absolute Gasteiger partial charge is 0.138 e. The minimum absolute atomic E-state index is 0.599. The van der Waals surface area contributed by atoms with Gasteiger partial charge in [0.05, 0.1) is 12.1 Å². The van der Waals surface area contributed by atoms with Crippen molar-refractivity contribution in [2.75, 3.05) is 20.7 Å². The first kappa shape index (κ1) is 12.6. The molecule has 0 aliphatic heterocycles. The van der Waals surface area contributed by atoms with Gasteiger partial charge in [0.2, 0.25) is 0 Å². The van der Waals surface area contributed by atoms with Gasteiger partial charge >= 0.3 is 0 Å². The predicted molar refractivity (Wildman–Crippen MR) is 65.0 cm³/mol. The lowest BCUT2D eigenvalue weighted by atomic mass is 10.2. The molecule has 0 heterocycles. The van der Waals surface area contributed by atoms with Crippen molar-refractivity contribution in [2.24, 2.45) is 0 Å². The average Bonchev–Trinajstić information content (AvgIpc) is 2.22. The molecule has 0 unspecified atom stereocenters. The molecule has 0 radical (unpaired) electrons. The van der Waals surface area contributed by atoms with E-state index < -0.39 is 0 Å². The van der Waals surface area contributed by atoms with Crippen molar-refractivity contribution in [3.8, 4) is 5.75 Å². The summed E-state index contributed by atoms with van der Waals surface area (Å²) in [7, 11) is 3.61. The van der Waals surface area contributed by atoms with Gasteiger partial charge in [0.1, 0.15) is 5.75 Å². The van der Waals surface area contributed by atoms with Gasteiger partial charge in [-0.25, -0.2) is 0 Å². The van der Waals surface area contributed by atoms with E-state index >= 15 is 0 Å². The highest BCUT2D eigenvalue weighted by Gasteiger charge is 2.08. The second-order valence-corrected chi connectivity index (χ2v) is 4.22. The first-order chi connectivity index (χ1) is 7.08. The third-order valence-corrected chi connectivity index (χ3v) is 2.95. The molecule has 0 amide bonds. The van der Waals surface area contributed by atoms with Crippen molar-refractivity contribution in [1.82, 2.24) is 4.90 Å². The van der Waals surface area contributed by atoms with Crippen molar-refractivity contribution < 1.29 is 4.74 Å². The first-order valence-electron chi connectivity index (χ1n) is 4.79. The second kappa shape index (κ2) is 5.59. The van der Waals surface area contributed by atoms with E-state index in [1.165, 1.54) is 0 Å². The van der Waals surface area contributed by atoms with E-state index in [2.05, 4.69) is 11.8 Å². The lowest BCUT2D eigenvalue weighted by molar-refractivity contribution is 0.345. The predicted octanol–water partition coefficient (Wildman–Crippen LogP) is 3.45. The summed E-state index contributed by atoms with van der Waals surface area (Å²) in [6.07, 6.45) is 0. The molecule has 1 aromatic carbocycles. The van der Waals surface area contributed by atoms with Crippen LogP contribution >= 0.6 is 23.2 Å². The number of methoxy groups -OCH3 is 1. The van der Waals surface area contributed by atoms with E-state index in [9.17, 15) is 0 Å². The van der Waals surface area contributed by atoms with E-state index in [0.29, 0.717) is 15.8 Å². The maximum absolute atomic E-state index is 6.12. The molecule has 0 aromatic heterocycles. The van der Waals surface area contributed by atoms with Crippen LogP contribution in [-0.2, 0) is 6.54 Å². The molecule has 2 nitrogen and oxygen atoms in total. The van der Waals surface area contributed by atoms with Crippen LogP contribution < -0.4 is 4.74 Å². The van der Waals surface area contributed by atoms with Crippen molar-refractivity contribution in [2.45, 2.75) is 13.5 Å². The molecule has 1 aromatic rings. The van der Waals surface area contributed by atoms with Gasteiger partial charge in [-0.2, -0.15) is 0 Å². The summed E-state index contributed by atoms with van der Waals surface area (Å²) in [5.74, 6) is 0.615. The Morgan fingerprint density at radius 3 is 2.47 bits per heavy atom. The Balaban J connectivity index is 2.95. The standard InChI is InChI=1S/C11H15Cl2NO/c1-4-14(2)7-8-5-10(13)11(15-3)6-9(8)12/h5-6H,4,7H2,1-3H3. The van der Waals surface area contributed by atoms with Crippen LogP contribution in [0.5, 0.6) is 5.75 Å². The number of rotatable bonds is 4. The molecule has 0 atom stereocenters. The van der Waals surface area contributed by atoms with Crippen molar-refractivity contribution in [3.05, 3.63) is 27.7 Å². The maximum atomic E-state index is 6.12. The lowest BCUT2D eigenvalue weighted by Crippen LogP contribution is -2.16. The molecule has 0 saturated heterocycles. The highest BCUT2D eigenvalue weighted by Crippen LogP contribution is 2.31. The fourth-order valence-corrected chi connectivity index (χ4v) is 1.73. The molecular weight excluding hydrogens is 233 g/mol. The highest BCUT2D eigenvalue weighted by atomic mass is 35.5. The molecule has 0 N–H and O–H groups in total. The van der Waals surface area contributed by atoms with Gasteiger partial charge < -0.3 is 9.64 Å². The molecule has 84 valence electrons. The number of hydrogen-bond donors (Lipinski definition) is 0. The monoisotopic (exact) mass is 247 g/mol. The number of nitrogens with zero attached hydrogens (tertiary/aromatic N) is 1. The Bertz CT molecular complexity index is 342. The fourth-order valence-electron chi connectivity index (χ4n) is 1.25. The number of benzene rings is 1. The van der Waals surface area contributed by atoms with Crippen LogP contribution in [-0.4, -0.2) is 25.6 Å². The third-order valence-electron chi connectivity index (χ3n) is 2.30. The topological polar surface area (TPSA) is 12.5 Å². The zero-order valence-electron chi connectivity index (χ0n) is 9.18. The Morgan fingerprint density at radius 2 is 1.93 bits per heavy atom. The van der Waals surface area contributed by atoms with E-state index in [4.69, 9.17) is 27.9 Å². The average molecular weight is 248 g/mol. The van der Waals surface area contributed by atoms with Crippen molar-refractivity contribution in [3.63, 3.8) is 0 Å². The molecule has 0 aliphatic carbocycles. The molecule has 0 bridgehead atoms. The molecular formula is C11H15Cl2NO. The van der Waals surface area contributed by atoms with Crippen LogP contribution in [0.15, 0.2) is 12.1 Å². The van der Waals surface area contributed by atoms with Crippen LogP contribution in [0.3, 0.4) is 0 Å². The normalized spacial score (nSPS) is 10.8. The Morgan fingerprint density at radius 1 is 1.27 bits per heavy atom. The lowest BCUT2D eigenvalue weighted by Gasteiger charge is -2.16. The molecule has 0 saturated carbocycles. The molecule has 15 heavy (non-hydrogen) atoms. The van der Waals surface area contributed by atoms with E-state index in [1.807, 2.05) is 13.1 Å². The molecule has 0 spiro atoms. The fraction of sp³-hybridized carbons (Fsp3) is 0.455. The zero-order chi connectivity index (χ0) is 11.4. The highest BCUT2D eigenvalue weighted by molar-refractivity contribution is 6.34. The Hall–Kier alpha value is -0.440. The van der Waals surface area contributed by atoms with Gasteiger partial charge in [-0.3, -0.25) is 0 Å². The van der Waals surface area contributed by atoms with Gasteiger partial charge in [0, 0.05) is 17.6 Å². The Labute approximate surface area is 101 Å². The van der Waals surface area contributed by atoms with Crippen LogP contribution in [0.1, 0.15) is 12.5 Å². The van der Waals surface area contributed by atoms with Crippen LogP contribution in [0, 0.1) is 0 Å². The van der Waals surface area contributed by atoms with E-state index in [1.54, 1.807) is 13.2 Å². The largest absolute Gasteiger partial charge is 0.495 e. The van der Waals surface area contributed by atoms with Gasteiger partial charge in [-0.05, 0) is 25.2 Å². The van der Waals surface area contributed by atoms with Crippen LogP contribution in [0.25, 0.3) is 0 Å². The molecule has 4 heteroatoms. The Kier molecular flexibility index (Phi) is 4.71. The van der Waals surface area contributed by atoms with Crippen LogP contribution in [0.4, 0.5) is 0 Å². The summed E-state index contributed by atoms with van der Waals surface area (Å²) >= 11 is 12.1. The molecule has 1 rings (SSSR count). The summed E-state index contributed by atoms with van der Waals surface area (Å²) in [5.41, 5.74) is 1.02. The number of hydrogen-bond acceptors (Lipinski definition) is 2. The first-order valence-corrected chi connectivity index (χ1v) is 5.54. The van der Waals surface area contributed by atoms with Crippen molar-refractivity contribution in [1.29, 1.82) is 0 Å². The number of halogens is 2. The summed E-state index contributed by atoms with van der Waals surface area (Å²) < 4.78 is 5.08. The maximum Gasteiger partial charge on any atom is 0.138 e. The summed E-state index contributed by atoms with van der Waals surface area (Å²) in [6.45, 7) is 3.86. The summed E-state index contributed by atoms with van der Waals surface area (Å²) in [6, 6.07) is 3.61. The molecule has 0 fully saturated rings. The summed E-state index contributed by atoms with van der Waals surface area (Å²) in [4.78, 5) is 2.16. The quantitative estimate of drug-likeness (QED) is 0.809. The van der Waals surface area contributed by atoms with E-state index in [0.717, 1.165) is 18.7 Å². The summed E-state index contributed by atoms with van der Waals surface area (Å²) in [5, 5.41) is 1.29. The van der Waals surface area contributed by atoms with Gasteiger partial charge in [-0.15, -0.1) is 0 Å². The van der Waals surface area contributed by atoms with Gasteiger partial charge in [0.25, 0.3) is 0 Å². The number of ether oxygens (including phenoxy) is 1. The SMILES string of the molecule is CCN(C)Cc1cc(Cl)c(OC)cc1Cl. The van der Waals surface area contributed by atoms with Gasteiger partial charge in [-0.1, -0.05) is 30.1 Å². The molecule has 0 aliphatic rings.